The number of alkyl halides is 5. The molecule has 27 heteroatoms. The lowest BCUT2D eigenvalue weighted by molar-refractivity contribution is 0.0175. The van der Waals surface area contributed by atoms with Gasteiger partial charge in [-0.25, -0.2) is 46.9 Å². The summed E-state index contributed by atoms with van der Waals surface area (Å²) < 4.78 is 79.9. The number of anilines is 4. The number of nitrogens with one attached hydrogen (secondary N) is 4. The predicted molar refractivity (Wildman–Crippen MR) is 537 cm³/mol. The highest BCUT2D eigenvalue weighted by Gasteiger charge is 2.27. The molecule has 22 nitrogen and oxygen atoms in total. The monoisotopic (exact) mass is 1870 g/mol. The van der Waals surface area contributed by atoms with Gasteiger partial charge in [-0.2, -0.15) is 0 Å². The second-order valence-corrected chi connectivity index (χ2v) is 35.2. The van der Waals surface area contributed by atoms with Crippen molar-refractivity contribution in [3.8, 4) is 45.0 Å². The van der Waals surface area contributed by atoms with E-state index in [1.54, 1.807) is 110 Å². The molecule has 139 heavy (non-hydrogen) atoms. The third kappa shape index (κ3) is 25.0. The molecule has 0 radical (unpaired) electrons. The second-order valence-electron chi connectivity index (χ2n) is 35.2. The molecule has 4 N–H and O–H groups in total. The molecule has 16 aromatic rings. The largest absolute Gasteiger partial charge is 0.379 e. The van der Waals surface area contributed by atoms with Crippen LogP contribution in [0.2, 0.25) is 0 Å². The Morgan fingerprint density at radius 2 is 0.619 bits per heavy atom. The maximum Gasteiger partial charge on any atom is 0.270 e. The molecular formula is C112H107F5N16O6. The number of pyridine rings is 8. The molecule has 12 heterocycles. The van der Waals surface area contributed by atoms with E-state index in [1.807, 2.05) is 170 Å². The van der Waals surface area contributed by atoms with Crippen LogP contribution in [0.15, 0.2) is 292 Å². The van der Waals surface area contributed by atoms with E-state index in [2.05, 4.69) is 65.8 Å². The Hall–Kier alpha value is -14.7. The molecule has 8 aromatic heterocycles. The summed E-state index contributed by atoms with van der Waals surface area (Å²) in [5.74, 6) is -3.50. The molecule has 4 saturated heterocycles. The number of likely N-dealkylation sites (tertiary alicyclic amines) is 2. The number of rotatable bonds is 24. The molecule has 4 aliphatic heterocycles. The number of fused-ring (bicyclic) bond motifs is 4. The fourth-order valence-electron chi connectivity index (χ4n) is 17.3. The van der Waals surface area contributed by atoms with Crippen molar-refractivity contribution in [3.05, 3.63) is 359 Å². The van der Waals surface area contributed by atoms with Crippen molar-refractivity contribution in [1.82, 2.24) is 59.5 Å². The first-order chi connectivity index (χ1) is 67.6. The number of carbonyl (C=O) groups is 4. The van der Waals surface area contributed by atoms with Crippen LogP contribution in [-0.2, 0) is 41.6 Å². The van der Waals surface area contributed by atoms with Crippen molar-refractivity contribution in [2.75, 3.05) is 100 Å². The van der Waals surface area contributed by atoms with E-state index in [1.165, 1.54) is 58.6 Å². The van der Waals surface area contributed by atoms with Crippen LogP contribution in [0.1, 0.15) is 158 Å². The molecule has 706 valence electrons. The van der Waals surface area contributed by atoms with E-state index in [-0.39, 0.29) is 29.2 Å². The first kappa shape index (κ1) is 96.0. The number of amides is 4. The molecule has 4 amide bonds. The van der Waals surface area contributed by atoms with Crippen molar-refractivity contribution in [2.45, 2.75) is 104 Å². The topological polar surface area (TPSA) is 251 Å². The number of halogens is 5. The van der Waals surface area contributed by atoms with Gasteiger partial charge in [-0.3, -0.25) is 53.7 Å². The van der Waals surface area contributed by atoms with Gasteiger partial charge in [0.1, 0.15) is 24.3 Å². The van der Waals surface area contributed by atoms with Crippen LogP contribution in [0.5, 0.6) is 0 Å². The van der Waals surface area contributed by atoms with Gasteiger partial charge >= 0.3 is 0 Å². The molecule has 0 bridgehead atoms. The highest BCUT2D eigenvalue weighted by atomic mass is 19.3. The standard InChI is InChI=1S/C28H26F2N4O2.C28H27FN4O2.2C28H27FN4O/c1-28(29,30)21-6-2-5-20(16-21)25-11-8-19-4-3-7-24(26(19)33-25)27(35)32-22-9-10-23(31-17-22)18-34-12-14-36-15-13-34;1-19(29)21-5-2-6-22(16-21)26-11-8-20-4-3-7-25(27(20)32-26)28(34)31-23-9-10-24(30-17-23)18-33-12-14-35-15-13-33;1-19(29)21-8-4-9-22(17-21)25-14-13-20-7-5-11-24(27(20)31-25)28(34)32-26-12-6-10-23(30-26)18-33-15-2-3-16-33;1-19(29)21-7-4-8-22(16-21)26-13-10-20-6-5-9-25(27(20)32-26)28(34)31-23-11-12-24(30-17-23)18-33-14-2-3-15-33/h2-11,16-17H,12-15,18H2,1H3,(H,32,35);2-11,16-17,19H,12-15,18H2,1H3,(H,31,34);4-14,17,19H,2-3,15-16,18H2,1H3,(H,30,32,34);4-13,16-17,19H,2-3,14-15,18H2,1H3,(H,31,34). The van der Waals surface area contributed by atoms with Crippen LogP contribution in [0, 0.1) is 0 Å². The smallest absolute Gasteiger partial charge is 0.270 e. The van der Waals surface area contributed by atoms with Gasteiger partial charge in [0.2, 0.25) is 0 Å². The third-order valence-corrected chi connectivity index (χ3v) is 24.9. The fourth-order valence-corrected chi connectivity index (χ4v) is 17.3. The molecule has 8 aromatic carbocycles. The number of para-hydroxylation sites is 4. The van der Waals surface area contributed by atoms with Crippen LogP contribution < -0.4 is 21.3 Å². The maximum absolute atomic E-state index is 13.8. The summed E-state index contributed by atoms with van der Waals surface area (Å²) in [5, 5.41) is 15.1. The van der Waals surface area contributed by atoms with E-state index in [4.69, 9.17) is 24.4 Å². The van der Waals surface area contributed by atoms with Crippen molar-refractivity contribution >= 4 is 90.1 Å². The third-order valence-electron chi connectivity index (χ3n) is 24.9. The number of benzene rings is 8. The number of hydrogen-bond donors (Lipinski definition) is 4. The number of carbonyl (C=O) groups excluding carboxylic acids is 4. The Labute approximate surface area is 803 Å². The summed E-state index contributed by atoms with van der Waals surface area (Å²) in [7, 11) is 0. The molecule has 0 aliphatic carbocycles. The van der Waals surface area contributed by atoms with Crippen LogP contribution in [-0.4, -0.2) is 162 Å². The number of ether oxygens (including phenoxy) is 2. The fraction of sp³-hybridized carbons (Fsp3) is 0.250. The van der Waals surface area contributed by atoms with Crippen molar-refractivity contribution < 1.29 is 50.6 Å². The van der Waals surface area contributed by atoms with Gasteiger partial charge in [0.25, 0.3) is 29.6 Å². The Morgan fingerprint density at radius 1 is 0.324 bits per heavy atom. The zero-order chi connectivity index (χ0) is 96.3. The number of nitrogens with zero attached hydrogens (tertiary/aromatic N) is 12. The van der Waals surface area contributed by atoms with E-state index in [9.17, 15) is 41.1 Å². The molecule has 3 unspecified atom stereocenters. The lowest BCUT2D eigenvalue weighted by atomic mass is 10.0. The second kappa shape index (κ2) is 45.1. The first-order valence-corrected chi connectivity index (χ1v) is 47.0. The Morgan fingerprint density at radius 3 is 0.935 bits per heavy atom. The summed E-state index contributed by atoms with van der Waals surface area (Å²) >= 11 is 0. The highest BCUT2D eigenvalue weighted by molar-refractivity contribution is 6.15. The molecule has 0 saturated carbocycles. The predicted octanol–water partition coefficient (Wildman–Crippen LogP) is 23.3. The quantitative estimate of drug-likeness (QED) is 0.0410. The van der Waals surface area contributed by atoms with Gasteiger partial charge in [0.05, 0.1) is 152 Å². The summed E-state index contributed by atoms with van der Waals surface area (Å²) in [6.07, 6.45) is 6.79. The minimum absolute atomic E-state index is 0.0857. The van der Waals surface area contributed by atoms with Gasteiger partial charge in [-0.1, -0.05) is 152 Å². The Kier molecular flexibility index (Phi) is 31.1. The molecule has 4 fully saturated rings. The van der Waals surface area contributed by atoms with Crippen molar-refractivity contribution in [1.29, 1.82) is 0 Å². The van der Waals surface area contributed by atoms with Crippen LogP contribution in [0.3, 0.4) is 0 Å². The van der Waals surface area contributed by atoms with Crippen LogP contribution in [0.4, 0.5) is 44.8 Å². The van der Waals surface area contributed by atoms with Gasteiger partial charge in [0, 0.05) is 109 Å². The summed E-state index contributed by atoms with van der Waals surface area (Å²) in [6, 6.07) is 82.2. The van der Waals surface area contributed by atoms with E-state index in [0.29, 0.717) is 112 Å². The molecule has 0 spiro atoms. The van der Waals surface area contributed by atoms with E-state index < -0.39 is 24.4 Å². The Bertz CT molecular complexity index is 7030. The Balaban J connectivity index is 0.000000128. The minimum Gasteiger partial charge on any atom is -0.379 e. The van der Waals surface area contributed by atoms with Crippen LogP contribution in [0.25, 0.3) is 88.6 Å². The highest BCUT2D eigenvalue weighted by Crippen LogP contribution is 2.36. The van der Waals surface area contributed by atoms with Crippen LogP contribution >= 0.6 is 0 Å². The average molecular weight is 1870 g/mol. The number of morpholine rings is 2. The average Bonchev–Trinajstić information content (AvgIpc) is 1.09. The zero-order valence-electron chi connectivity index (χ0n) is 77.8. The van der Waals surface area contributed by atoms with E-state index in [0.717, 1.165) is 173 Å². The number of aromatic nitrogens is 8. The molecule has 4 aliphatic rings. The SMILES string of the molecule is CC(F)(F)c1cccc(-c2ccc3cccc(C(=O)Nc4ccc(CN5CCOCC5)nc4)c3n2)c1.CC(F)c1cccc(-c2ccc3cccc(C(=O)Nc4ccc(CN5CCCC5)nc4)c3n2)c1.CC(F)c1cccc(-c2ccc3cccc(C(=O)Nc4ccc(CN5CCOCC5)nc4)c3n2)c1.CC(F)c1cccc(-c2ccc3cccc(C(=O)Nc4cccc(CN5CCCC5)n4)c3n2)c1. The van der Waals surface area contributed by atoms with Crippen molar-refractivity contribution in [3.63, 3.8) is 0 Å². The first-order valence-electron chi connectivity index (χ1n) is 47.0. The number of hydrogen-bond acceptors (Lipinski definition) is 18. The summed E-state index contributed by atoms with van der Waals surface area (Å²) in [4.78, 5) is 99.2. The summed E-state index contributed by atoms with van der Waals surface area (Å²) in [5.41, 5.74) is 17.1. The van der Waals surface area contributed by atoms with Gasteiger partial charge < -0.3 is 30.7 Å². The maximum atomic E-state index is 13.8. The zero-order valence-corrected chi connectivity index (χ0v) is 77.8. The normalized spacial score (nSPS) is 14.9. The van der Waals surface area contributed by atoms with Gasteiger partial charge in [0.15, 0.2) is 0 Å². The summed E-state index contributed by atoms with van der Waals surface area (Å²) in [6.45, 7) is 19.5. The minimum atomic E-state index is -2.95. The van der Waals surface area contributed by atoms with Gasteiger partial charge in [-0.05, 0) is 211 Å². The van der Waals surface area contributed by atoms with Crippen molar-refractivity contribution in [2.24, 2.45) is 0 Å². The lowest BCUT2D eigenvalue weighted by Gasteiger charge is -2.26. The molecule has 20 rings (SSSR count). The lowest BCUT2D eigenvalue weighted by Crippen LogP contribution is -2.35. The molecular weight excluding hydrogens is 1760 g/mol. The van der Waals surface area contributed by atoms with E-state index >= 15 is 0 Å². The molecule has 3 atom stereocenters. The van der Waals surface area contributed by atoms with Gasteiger partial charge in [-0.15, -0.1) is 0 Å².